The van der Waals surface area contributed by atoms with Crippen molar-refractivity contribution in [2.45, 2.75) is 31.7 Å². The fraction of sp³-hybridized carbons (Fsp3) is 0.600. The summed E-state index contributed by atoms with van der Waals surface area (Å²) in [5, 5.41) is 25.8. The van der Waals surface area contributed by atoms with E-state index in [0.29, 0.717) is 0 Å². The number of hydrogen-bond acceptors (Lipinski definition) is 8. The summed E-state index contributed by atoms with van der Waals surface area (Å²) < 4.78 is 4.61. The number of aliphatic hydroxyl groups excluding tert-OH is 1. The van der Waals surface area contributed by atoms with Gasteiger partial charge in [-0.05, 0) is 0 Å². The van der Waals surface area contributed by atoms with E-state index < -0.39 is 36.1 Å². The Morgan fingerprint density at radius 3 is 2.25 bits per heavy atom. The van der Waals surface area contributed by atoms with Gasteiger partial charge in [-0.25, -0.2) is 0 Å². The smallest absolute Gasteiger partial charge is 0.307 e. The number of amides is 2. The summed E-state index contributed by atoms with van der Waals surface area (Å²) in [7, 11) is 0. The number of ether oxygens (including phenoxy) is 1. The van der Waals surface area contributed by atoms with Crippen LogP contribution in [0.5, 0.6) is 0 Å². The quantitative estimate of drug-likeness (QED) is 0.201. The highest BCUT2D eigenvalue weighted by atomic mass is 16.5. The van der Waals surface area contributed by atoms with Crippen LogP contribution in [0.3, 0.4) is 0 Å². The van der Waals surface area contributed by atoms with E-state index in [0.717, 1.165) is 0 Å². The van der Waals surface area contributed by atoms with Gasteiger partial charge in [-0.2, -0.15) is 0 Å². The van der Waals surface area contributed by atoms with Crippen molar-refractivity contribution < 1.29 is 39.2 Å². The first-order valence-corrected chi connectivity index (χ1v) is 5.57. The Morgan fingerprint density at radius 2 is 1.90 bits per heavy atom. The van der Waals surface area contributed by atoms with E-state index in [1.807, 2.05) is 5.32 Å². The molecule has 0 aromatic heterocycles. The molecule has 1 saturated heterocycles. The molecule has 114 valence electrons. The average Bonchev–Trinajstić information content (AvgIpc) is 2.66. The lowest BCUT2D eigenvalue weighted by Gasteiger charge is -2.07. The molecule has 10 heteroatoms. The van der Waals surface area contributed by atoms with Crippen molar-refractivity contribution >= 4 is 23.8 Å². The lowest BCUT2D eigenvalue weighted by atomic mass is 10.3. The molecule has 1 atom stereocenters. The predicted octanol–water partition coefficient (Wildman–Crippen LogP) is -2.93. The van der Waals surface area contributed by atoms with Crippen molar-refractivity contribution in [2.24, 2.45) is 5.73 Å². The first-order valence-electron chi connectivity index (χ1n) is 5.57. The number of aliphatic hydroxyl groups is 2. The summed E-state index contributed by atoms with van der Waals surface area (Å²) in [4.78, 5) is 42.7. The van der Waals surface area contributed by atoms with Crippen LogP contribution in [0.15, 0.2) is 0 Å². The van der Waals surface area contributed by atoms with Crippen molar-refractivity contribution in [1.29, 1.82) is 0 Å². The van der Waals surface area contributed by atoms with Gasteiger partial charge in [0, 0.05) is 6.54 Å². The number of rotatable bonds is 5. The van der Waals surface area contributed by atoms with Crippen molar-refractivity contribution in [3.05, 3.63) is 0 Å². The molecule has 0 bridgehead atoms. The maximum atomic E-state index is 11.0. The standard InChI is InChI=1S/C8H9NO6.C2H7NO2/c10-5-3-4(8(14)9-5)15-7(13)2-1-6(11)12;3-1-2(4)5/h4H,1-3H2,(H,11,12)(H,9,10,14);2,4-5H,1,3H2. The van der Waals surface area contributed by atoms with Gasteiger partial charge < -0.3 is 25.8 Å². The molecule has 0 saturated carbocycles. The molecule has 1 fully saturated rings. The zero-order valence-corrected chi connectivity index (χ0v) is 10.4. The fourth-order valence-electron chi connectivity index (χ4n) is 1.05. The van der Waals surface area contributed by atoms with Gasteiger partial charge in [0.2, 0.25) is 5.91 Å². The Labute approximate surface area is 113 Å². The highest BCUT2D eigenvalue weighted by Crippen LogP contribution is 2.08. The molecule has 2 amide bonds. The minimum absolute atomic E-state index is 0.0833. The number of aliphatic carboxylic acids is 1. The number of carboxylic acid groups (broad SMARTS) is 1. The molecule has 0 radical (unpaired) electrons. The Kier molecular flexibility index (Phi) is 8.04. The largest absolute Gasteiger partial charge is 0.481 e. The number of imide groups is 1. The maximum absolute atomic E-state index is 11.0. The number of carbonyl (C=O) groups is 4. The van der Waals surface area contributed by atoms with Crippen LogP contribution in [0.25, 0.3) is 0 Å². The summed E-state index contributed by atoms with van der Waals surface area (Å²) in [6.45, 7) is -0.0833. The monoisotopic (exact) mass is 292 g/mol. The number of hydrogen-bond donors (Lipinski definition) is 5. The molecule has 10 nitrogen and oxygen atoms in total. The SMILES string of the molecule is NCC(O)O.O=C(O)CCC(=O)OC1CC(=O)NC1=O. The van der Waals surface area contributed by atoms with Gasteiger partial charge in [0.05, 0.1) is 19.3 Å². The molecule has 6 N–H and O–H groups in total. The third-order valence-electron chi connectivity index (χ3n) is 1.95. The van der Waals surface area contributed by atoms with Crippen LogP contribution in [0.4, 0.5) is 0 Å². The van der Waals surface area contributed by atoms with Gasteiger partial charge in [-0.1, -0.05) is 0 Å². The minimum Gasteiger partial charge on any atom is -0.481 e. The van der Waals surface area contributed by atoms with E-state index in [1.165, 1.54) is 0 Å². The first-order chi connectivity index (χ1) is 9.26. The molecule has 1 heterocycles. The van der Waals surface area contributed by atoms with E-state index in [-0.39, 0.29) is 25.8 Å². The molecule has 1 aliphatic heterocycles. The number of carbonyl (C=O) groups excluding carboxylic acids is 3. The van der Waals surface area contributed by atoms with E-state index in [9.17, 15) is 19.2 Å². The van der Waals surface area contributed by atoms with Crippen molar-refractivity contribution in [1.82, 2.24) is 5.32 Å². The third kappa shape index (κ3) is 8.13. The predicted molar refractivity (Wildman–Crippen MR) is 61.8 cm³/mol. The van der Waals surface area contributed by atoms with E-state index in [4.69, 9.17) is 15.3 Å². The van der Waals surface area contributed by atoms with Crippen LogP contribution < -0.4 is 11.1 Å². The lowest BCUT2D eigenvalue weighted by molar-refractivity contribution is -0.155. The van der Waals surface area contributed by atoms with Crippen molar-refractivity contribution in [2.75, 3.05) is 6.54 Å². The van der Waals surface area contributed by atoms with Crippen LogP contribution in [-0.4, -0.2) is 58.0 Å². The van der Waals surface area contributed by atoms with Crippen LogP contribution in [0, 0.1) is 0 Å². The summed E-state index contributed by atoms with van der Waals surface area (Å²) in [6.07, 6.45) is -3.32. The summed E-state index contributed by atoms with van der Waals surface area (Å²) in [5.41, 5.74) is 4.67. The number of esters is 1. The summed E-state index contributed by atoms with van der Waals surface area (Å²) in [5.74, 6) is -3.09. The van der Waals surface area contributed by atoms with E-state index in [1.54, 1.807) is 0 Å². The summed E-state index contributed by atoms with van der Waals surface area (Å²) >= 11 is 0. The molecular formula is C10H16N2O8. The molecule has 1 rings (SSSR count). The fourth-order valence-corrected chi connectivity index (χ4v) is 1.05. The van der Waals surface area contributed by atoms with E-state index in [2.05, 4.69) is 10.5 Å². The van der Waals surface area contributed by atoms with Crippen molar-refractivity contribution in [3.8, 4) is 0 Å². The molecule has 0 aliphatic carbocycles. The highest BCUT2D eigenvalue weighted by Gasteiger charge is 2.33. The summed E-state index contributed by atoms with van der Waals surface area (Å²) in [6, 6.07) is 0. The van der Waals surface area contributed by atoms with Gasteiger partial charge in [0.1, 0.15) is 0 Å². The van der Waals surface area contributed by atoms with Gasteiger partial charge in [-0.3, -0.25) is 24.5 Å². The van der Waals surface area contributed by atoms with Crippen LogP contribution in [0.1, 0.15) is 19.3 Å². The average molecular weight is 292 g/mol. The zero-order valence-electron chi connectivity index (χ0n) is 10.4. The second kappa shape index (κ2) is 8.96. The van der Waals surface area contributed by atoms with Gasteiger partial charge >= 0.3 is 11.9 Å². The Bertz CT molecular complexity index is 381. The Morgan fingerprint density at radius 1 is 1.35 bits per heavy atom. The van der Waals surface area contributed by atoms with Crippen LogP contribution in [-0.2, 0) is 23.9 Å². The molecule has 20 heavy (non-hydrogen) atoms. The topological polar surface area (TPSA) is 176 Å². The second-order valence-electron chi connectivity index (χ2n) is 3.71. The molecular weight excluding hydrogens is 276 g/mol. The maximum Gasteiger partial charge on any atom is 0.307 e. The minimum atomic E-state index is -1.34. The van der Waals surface area contributed by atoms with Gasteiger partial charge in [0.15, 0.2) is 12.4 Å². The zero-order chi connectivity index (χ0) is 15.7. The second-order valence-corrected chi connectivity index (χ2v) is 3.71. The molecule has 1 aliphatic rings. The number of nitrogens with two attached hydrogens (primary N) is 1. The normalized spacial score (nSPS) is 17.3. The lowest BCUT2D eigenvalue weighted by Crippen LogP contribution is -2.28. The molecule has 0 aromatic rings. The van der Waals surface area contributed by atoms with Gasteiger partial charge in [0.25, 0.3) is 5.91 Å². The molecule has 1 unspecified atom stereocenters. The van der Waals surface area contributed by atoms with Crippen LogP contribution >= 0.6 is 0 Å². The molecule has 0 spiro atoms. The van der Waals surface area contributed by atoms with E-state index >= 15 is 0 Å². The number of carboxylic acids is 1. The van der Waals surface area contributed by atoms with Crippen molar-refractivity contribution in [3.63, 3.8) is 0 Å². The Balaban J connectivity index is 0.000000621. The van der Waals surface area contributed by atoms with Crippen LogP contribution in [0.2, 0.25) is 0 Å². The molecule has 0 aromatic carbocycles. The third-order valence-corrected chi connectivity index (χ3v) is 1.95. The number of nitrogens with one attached hydrogen (secondary N) is 1. The Hall–Kier alpha value is -2.04. The first kappa shape index (κ1) is 18.0. The van der Waals surface area contributed by atoms with Gasteiger partial charge in [-0.15, -0.1) is 0 Å². The highest BCUT2D eigenvalue weighted by molar-refractivity contribution is 6.05.